The second-order valence-corrected chi connectivity index (χ2v) is 6.55. The first-order chi connectivity index (χ1) is 10.2. The molecule has 0 atom stereocenters. The van der Waals surface area contributed by atoms with E-state index in [-0.39, 0.29) is 17.1 Å². The van der Waals surface area contributed by atoms with Gasteiger partial charge >= 0.3 is 0 Å². The topological polar surface area (TPSA) is 46.9 Å². The lowest BCUT2D eigenvalue weighted by molar-refractivity contribution is 0.0941. The van der Waals surface area contributed by atoms with Gasteiger partial charge in [0.25, 0.3) is 5.91 Å². The van der Waals surface area contributed by atoms with Crippen molar-refractivity contribution in [3.63, 3.8) is 0 Å². The van der Waals surface area contributed by atoms with Crippen LogP contribution >= 0.6 is 0 Å². The van der Waals surface area contributed by atoms with Crippen molar-refractivity contribution in [2.75, 3.05) is 0 Å². The summed E-state index contributed by atoms with van der Waals surface area (Å²) in [6.45, 7) is 8.22. The van der Waals surface area contributed by atoms with Crippen LogP contribution in [0.15, 0.2) is 24.3 Å². The maximum Gasteiger partial charge on any atom is 0.269 e. The van der Waals surface area contributed by atoms with Crippen LogP contribution in [0.4, 0.5) is 4.39 Å². The Labute approximate surface area is 130 Å². The molecule has 0 saturated carbocycles. The first kappa shape index (κ1) is 16.2. The van der Waals surface area contributed by atoms with Gasteiger partial charge in [0.05, 0.1) is 5.69 Å². The minimum atomic E-state index is -0.239. The summed E-state index contributed by atoms with van der Waals surface area (Å²) in [6, 6.07) is 6.63. The molecule has 0 aliphatic rings. The summed E-state index contributed by atoms with van der Waals surface area (Å²) in [5.41, 5.74) is 2.72. The Bertz CT molecular complexity index is 698. The lowest BCUT2D eigenvalue weighted by atomic mass is 9.92. The summed E-state index contributed by atoms with van der Waals surface area (Å²) in [7, 11) is 1.76. The van der Waals surface area contributed by atoms with E-state index in [9.17, 15) is 9.18 Å². The van der Waals surface area contributed by atoms with Crippen molar-refractivity contribution < 1.29 is 9.18 Å². The normalized spacial score (nSPS) is 11.5. The lowest BCUT2D eigenvalue weighted by Gasteiger charge is -2.13. The van der Waals surface area contributed by atoms with Crippen LogP contribution in [0.5, 0.6) is 0 Å². The van der Waals surface area contributed by atoms with E-state index >= 15 is 0 Å². The highest BCUT2D eigenvalue weighted by Crippen LogP contribution is 2.21. The molecule has 1 amide bonds. The number of carbonyl (C=O) groups excluding carboxylic acids is 1. The fourth-order valence-electron chi connectivity index (χ4n) is 2.14. The number of aryl methyl sites for hydroxylation is 2. The van der Waals surface area contributed by atoms with E-state index in [0.29, 0.717) is 17.8 Å². The van der Waals surface area contributed by atoms with Crippen LogP contribution in [-0.2, 0) is 19.0 Å². The van der Waals surface area contributed by atoms with E-state index in [2.05, 4.69) is 31.2 Å². The molecular weight excluding hydrogens is 281 g/mol. The molecule has 0 unspecified atom stereocenters. The maximum atomic E-state index is 13.2. The number of amides is 1. The van der Waals surface area contributed by atoms with Gasteiger partial charge in [-0.2, -0.15) is 5.10 Å². The number of rotatable bonds is 3. The molecule has 4 nitrogen and oxygen atoms in total. The SMILES string of the molecule is Cc1cc(CNC(=O)c2cc(C(C)(C)C)nn2C)ccc1F. The average molecular weight is 303 g/mol. The molecule has 118 valence electrons. The van der Waals surface area contributed by atoms with Gasteiger partial charge in [0, 0.05) is 19.0 Å². The number of hydrogen-bond acceptors (Lipinski definition) is 2. The molecule has 22 heavy (non-hydrogen) atoms. The summed E-state index contributed by atoms with van der Waals surface area (Å²) < 4.78 is 14.8. The van der Waals surface area contributed by atoms with Crippen molar-refractivity contribution in [2.24, 2.45) is 7.05 Å². The van der Waals surface area contributed by atoms with Gasteiger partial charge in [0.15, 0.2) is 0 Å². The van der Waals surface area contributed by atoms with Crippen LogP contribution in [-0.4, -0.2) is 15.7 Å². The molecule has 1 N–H and O–H groups in total. The minimum Gasteiger partial charge on any atom is -0.347 e. The minimum absolute atomic E-state index is 0.107. The van der Waals surface area contributed by atoms with Crippen LogP contribution in [0.1, 0.15) is 48.1 Å². The van der Waals surface area contributed by atoms with Gasteiger partial charge in [-0.15, -0.1) is 0 Å². The van der Waals surface area contributed by atoms with Gasteiger partial charge in [0.1, 0.15) is 11.5 Å². The van der Waals surface area contributed by atoms with Crippen LogP contribution < -0.4 is 5.32 Å². The largest absolute Gasteiger partial charge is 0.347 e. The summed E-state index contributed by atoms with van der Waals surface area (Å²) in [6.07, 6.45) is 0. The van der Waals surface area contributed by atoms with Crippen LogP contribution in [0, 0.1) is 12.7 Å². The number of nitrogens with zero attached hydrogens (tertiary/aromatic N) is 2. The Morgan fingerprint density at radius 1 is 1.32 bits per heavy atom. The number of nitrogens with one attached hydrogen (secondary N) is 1. The van der Waals surface area contributed by atoms with Crippen molar-refractivity contribution in [1.82, 2.24) is 15.1 Å². The zero-order valence-corrected chi connectivity index (χ0v) is 13.7. The van der Waals surface area contributed by atoms with Gasteiger partial charge in [-0.1, -0.05) is 32.9 Å². The predicted octanol–water partition coefficient (Wildman–Crippen LogP) is 3.10. The Morgan fingerprint density at radius 3 is 2.55 bits per heavy atom. The highest BCUT2D eigenvalue weighted by atomic mass is 19.1. The van der Waals surface area contributed by atoms with Crippen molar-refractivity contribution in [3.05, 3.63) is 52.6 Å². The number of hydrogen-bond donors (Lipinski definition) is 1. The van der Waals surface area contributed by atoms with Crippen molar-refractivity contribution >= 4 is 5.91 Å². The number of benzene rings is 1. The predicted molar refractivity (Wildman–Crippen MR) is 84.2 cm³/mol. The van der Waals surface area contributed by atoms with Gasteiger partial charge in [-0.25, -0.2) is 4.39 Å². The third-order valence-corrected chi connectivity index (χ3v) is 3.56. The Morgan fingerprint density at radius 2 is 2.00 bits per heavy atom. The molecule has 0 fully saturated rings. The second kappa shape index (κ2) is 5.91. The van der Waals surface area contributed by atoms with E-state index < -0.39 is 0 Å². The fourth-order valence-corrected chi connectivity index (χ4v) is 2.14. The molecule has 1 aromatic heterocycles. The number of halogens is 1. The molecule has 0 bridgehead atoms. The molecule has 0 radical (unpaired) electrons. The van der Waals surface area contributed by atoms with Gasteiger partial charge in [0.2, 0.25) is 0 Å². The Hall–Kier alpha value is -2.17. The third kappa shape index (κ3) is 3.53. The number of carbonyl (C=O) groups is 1. The number of aromatic nitrogens is 2. The quantitative estimate of drug-likeness (QED) is 0.947. The van der Waals surface area contributed by atoms with Gasteiger partial charge in [-0.05, 0) is 30.2 Å². The smallest absolute Gasteiger partial charge is 0.269 e. The maximum absolute atomic E-state index is 13.2. The van der Waals surface area contributed by atoms with Gasteiger partial charge in [-0.3, -0.25) is 9.48 Å². The van der Waals surface area contributed by atoms with Crippen LogP contribution in [0.2, 0.25) is 0 Å². The third-order valence-electron chi connectivity index (χ3n) is 3.56. The van der Waals surface area contributed by atoms with Crippen molar-refractivity contribution in [3.8, 4) is 0 Å². The fraction of sp³-hybridized carbons (Fsp3) is 0.412. The molecular formula is C17H22FN3O. The molecule has 0 saturated heterocycles. The molecule has 2 rings (SSSR count). The summed E-state index contributed by atoms with van der Waals surface area (Å²) in [5.74, 6) is -0.427. The highest BCUT2D eigenvalue weighted by molar-refractivity contribution is 5.92. The molecule has 0 aliphatic carbocycles. The van der Waals surface area contributed by atoms with Crippen LogP contribution in [0.25, 0.3) is 0 Å². The van der Waals surface area contributed by atoms with Gasteiger partial charge < -0.3 is 5.32 Å². The van der Waals surface area contributed by atoms with Crippen LogP contribution in [0.3, 0.4) is 0 Å². The average Bonchev–Trinajstić information content (AvgIpc) is 2.82. The zero-order chi connectivity index (χ0) is 16.5. The molecule has 0 spiro atoms. The Kier molecular flexibility index (Phi) is 4.35. The van der Waals surface area contributed by atoms with E-state index in [1.165, 1.54) is 6.07 Å². The lowest BCUT2D eigenvalue weighted by Crippen LogP contribution is -2.25. The standard InChI is InChI=1S/C17H22FN3O/c1-11-8-12(6-7-13(11)18)10-19-16(22)14-9-15(17(2,3)4)20-21(14)5/h6-9H,10H2,1-5H3,(H,19,22). The van der Waals surface area contributed by atoms with E-state index in [1.54, 1.807) is 30.8 Å². The molecule has 0 aliphatic heterocycles. The molecule has 1 aromatic carbocycles. The molecule has 1 heterocycles. The summed E-state index contributed by atoms with van der Waals surface area (Å²) in [4.78, 5) is 12.3. The Balaban J connectivity index is 2.09. The van der Waals surface area contributed by atoms with E-state index in [1.807, 2.05) is 6.07 Å². The zero-order valence-electron chi connectivity index (χ0n) is 13.7. The van der Waals surface area contributed by atoms with E-state index in [0.717, 1.165) is 11.3 Å². The molecule has 5 heteroatoms. The van der Waals surface area contributed by atoms with E-state index in [4.69, 9.17) is 0 Å². The first-order valence-electron chi connectivity index (χ1n) is 7.26. The second-order valence-electron chi connectivity index (χ2n) is 6.55. The monoisotopic (exact) mass is 303 g/mol. The summed E-state index contributed by atoms with van der Waals surface area (Å²) >= 11 is 0. The van der Waals surface area contributed by atoms with Crippen molar-refractivity contribution in [2.45, 2.75) is 39.7 Å². The summed E-state index contributed by atoms with van der Waals surface area (Å²) in [5, 5.41) is 7.24. The highest BCUT2D eigenvalue weighted by Gasteiger charge is 2.21. The first-order valence-corrected chi connectivity index (χ1v) is 7.26. The molecule has 2 aromatic rings. The van der Waals surface area contributed by atoms with Crippen molar-refractivity contribution in [1.29, 1.82) is 0 Å².